The maximum atomic E-state index is 12.4. The van der Waals surface area contributed by atoms with Crippen LogP contribution in [0.1, 0.15) is 41.6 Å². The summed E-state index contributed by atoms with van der Waals surface area (Å²) < 4.78 is 0. The molecule has 0 N–H and O–H groups in total. The molecule has 2 aliphatic heterocycles. The van der Waals surface area contributed by atoms with Gasteiger partial charge >= 0.3 is 0 Å². The minimum atomic E-state index is 0.204. The summed E-state index contributed by atoms with van der Waals surface area (Å²) in [5, 5.41) is 0.735. The predicted octanol–water partition coefficient (Wildman–Crippen LogP) is 3.28. The molecular weight excluding hydrogens is 234 g/mol. The topological polar surface area (TPSA) is 20.3 Å². The summed E-state index contributed by atoms with van der Waals surface area (Å²) in [6, 6.07) is 6.05. The molecule has 1 amide bonds. The Morgan fingerprint density at radius 3 is 3.00 bits per heavy atom. The number of nitrogens with zero attached hydrogens (tertiary/aromatic N) is 1. The molecule has 2 aliphatic rings. The number of hydrogen-bond acceptors (Lipinski definition) is 1. The summed E-state index contributed by atoms with van der Waals surface area (Å²) in [6.45, 7) is 0.922. The molecule has 3 rings (SSSR count). The largest absolute Gasteiger partial charge is 0.335 e. The molecule has 1 aromatic carbocycles. The molecule has 2 heterocycles. The van der Waals surface area contributed by atoms with Crippen LogP contribution in [0.2, 0.25) is 5.02 Å². The fourth-order valence-electron chi connectivity index (χ4n) is 3.01. The van der Waals surface area contributed by atoms with Gasteiger partial charge in [0.1, 0.15) is 0 Å². The Labute approximate surface area is 107 Å². The SMILES string of the molecule is O=C1c2ccc(Cl)cc2CC2CCCCCN12. The minimum absolute atomic E-state index is 0.204. The van der Waals surface area contributed by atoms with Crippen LogP contribution >= 0.6 is 11.6 Å². The standard InChI is InChI=1S/C14H16ClNO/c15-11-5-6-13-10(8-11)9-12-4-2-1-3-7-16(12)14(13)17/h5-6,8,12H,1-4,7,9H2. The van der Waals surface area contributed by atoms with Gasteiger partial charge in [-0.25, -0.2) is 0 Å². The summed E-state index contributed by atoms with van der Waals surface area (Å²) in [7, 11) is 0. The maximum absolute atomic E-state index is 12.4. The minimum Gasteiger partial charge on any atom is -0.335 e. The first-order valence-corrected chi connectivity index (χ1v) is 6.73. The second-order valence-corrected chi connectivity index (χ2v) is 5.44. The fourth-order valence-corrected chi connectivity index (χ4v) is 3.20. The smallest absolute Gasteiger partial charge is 0.254 e. The van der Waals surface area contributed by atoms with Crippen molar-refractivity contribution in [2.75, 3.05) is 6.54 Å². The van der Waals surface area contributed by atoms with Crippen molar-refractivity contribution in [3.05, 3.63) is 34.3 Å². The summed E-state index contributed by atoms with van der Waals surface area (Å²) >= 11 is 6.01. The molecule has 2 nitrogen and oxygen atoms in total. The van der Waals surface area contributed by atoms with Gasteiger partial charge in [-0.1, -0.05) is 24.4 Å². The van der Waals surface area contributed by atoms with Gasteiger partial charge in [0, 0.05) is 23.2 Å². The summed E-state index contributed by atoms with van der Waals surface area (Å²) in [5.41, 5.74) is 1.98. The highest BCUT2D eigenvalue weighted by Crippen LogP contribution is 2.30. The number of benzene rings is 1. The lowest BCUT2D eigenvalue weighted by atomic mass is 9.91. The van der Waals surface area contributed by atoms with Crippen LogP contribution in [0.3, 0.4) is 0 Å². The molecule has 3 heteroatoms. The average Bonchev–Trinajstić information content (AvgIpc) is 2.54. The van der Waals surface area contributed by atoms with Crippen LogP contribution < -0.4 is 0 Å². The lowest BCUT2D eigenvalue weighted by molar-refractivity contribution is 0.0656. The third kappa shape index (κ3) is 1.95. The van der Waals surface area contributed by atoms with Crippen LogP contribution in [-0.2, 0) is 6.42 Å². The van der Waals surface area contributed by atoms with E-state index in [0.717, 1.165) is 42.0 Å². The molecule has 1 atom stereocenters. The van der Waals surface area contributed by atoms with E-state index in [1.165, 1.54) is 12.8 Å². The lowest BCUT2D eigenvalue weighted by Gasteiger charge is -2.35. The Kier molecular flexibility index (Phi) is 2.83. The molecule has 1 unspecified atom stereocenters. The van der Waals surface area contributed by atoms with Crippen LogP contribution in [0.5, 0.6) is 0 Å². The number of carbonyl (C=O) groups excluding carboxylic acids is 1. The first-order valence-electron chi connectivity index (χ1n) is 6.35. The van der Waals surface area contributed by atoms with E-state index in [4.69, 9.17) is 11.6 Å². The number of carbonyl (C=O) groups is 1. The molecular formula is C14H16ClNO. The van der Waals surface area contributed by atoms with Crippen LogP contribution in [0.15, 0.2) is 18.2 Å². The zero-order chi connectivity index (χ0) is 11.8. The van der Waals surface area contributed by atoms with Gasteiger partial charge in [-0.15, -0.1) is 0 Å². The van der Waals surface area contributed by atoms with Crippen molar-refractivity contribution < 1.29 is 4.79 Å². The highest BCUT2D eigenvalue weighted by molar-refractivity contribution is 6.30. The Bertz CT molecular complexity index is 458. The molecule has 0 bridgehead atoms. The van der Waals surface area contributed by atoms with Gasteiger partial charge in [-0.3, -0.25) is 4.79 Å². The van der Waals surface area contributed by atoms with Gasteiger partial charge < -0.3 is 4.90 Å². The van der Waals surface area contributed by atoms with Crippen molar-refractivity contribution in [3.8, 4) is 0 Å². The van der Waals surface area contributed by atoms with E-state index in [0.29, 0.717) is 6.04 Å². The number of rotatable bonds is 0. The van der Waals surface area contributed by atoms with Gasteiger partial charge in [0.2, 0.25) is 0 Å². The molecule has 0 radical (unpaired) electrons. The molecule has 17 heavy (non-hydrogen) atoms. The van der Waals surface area contributed by atoms with E-state index in [1.54, 1.807) is 0 Å². The first-order chi connectivity index (χ1) is 8.25. The predicted molar refractivity (Wildman–Crippen MR) is 68.4 cm³/mol. The van der Waals surface area contributed by atoms with E-state index in [9.17, 15) is 4.79 Å². The highest BCUT2D eigenvalue weighted by atomic mass is 35.5. The monoisotopic (exact) mass is 249 g/mol. The van der Waals surface area contributed by atoms with E-state index < -0.39 is 0 Å². The second kappa shape index (κ2) is 4.34. The quantitative estimate of drug-likeness (QED) is 0.691. The van der Waals surface area contributed by atoms with Crippen molar-refractivity contribution in [1.82, 2.24) is 4.90 Å². The van der Waals surface area contributed by atoms with Crippen molar-refractivity contribution in [1.29, 1.82) is 0 Å². The third-order valence-electron chi connectivity index (χ3n) is 3.89. The van der Waals surface area contributed by atoms with Gasteiger partial charge in [0.15, 0.2) is 0 Å². The Balaban J connectivity index is 2.00. The number of amides is 1. The van der Waals surface area contributed by atoms with E-state index >= 15 is 0 Å². The maximum Gasteiger partial charge on any atom is 0.254 e. The highest BCUT2D eigenvalue weighted by Gasteiger charge is 2.32. The fraction of sp³-hybridized carbons (Fsp3) is 0.500. The molecule has 0 aromatic heterocycles. The molecule has 1 fully saturated rings. The Morgan fingerprint density at radius 2 is 2.12 bits per heavy atom. The van der Waals surface area contributed by atoms with Gasteiger partial charge in [-0.2, -0.15) is 0 Å². The van der Waals surface area contributed by atoms with Crippen LogP contribution in [0, 0.1) is 0 Å². The zero-order valence-corrected chi connectivity index (χ0v) is 10.5. The zero-order valence-electron chi connectivity index (χ0n) is 9.79. The van der Waals surface area contributed by atoms with Crippen molar-refractivity contribution >= 4 is 17.5 Å². The van der Waals surface area contributed by atoms with E-state index in [2.05, 4.69) is 4.90 Å². The Hall–Kier alpha value is -1.02. The summed E-state index contributed by atoms with van der Waals surface area (Å²) in [5.74, 6) is 0.204. The Morgan fingerprint density at radius 1 is 1.24 bits per heavy atom. The van der Waals surface area contributed by atoms with Crippen LogP contribution in [-0.4, -0.2) is 23.4 Å². The summed E-state index contributed by atoms with van der Waals surface area (Å²) in [6.07, 6.45) is 5.74. The van der Waals surface area contributed by atoms with Crippen molar-refractivity contribution in [2.45, 2.75) is 38.1 Å². The van der Waals surface area contributed by atoms with Crippen LogP contribution in [0.25, 0.3) is 0 Å². The number of hydrogen-bond donors (Lipinski definition) is 0. The van der Waals surface area contributed by atoms with Gasteiger partial charge in [-0.05, 0) is 43.0 Å². The molecule has 0 aliphatic carbocycles. The molecule has 0 saturated carbocycles. The third-order valence-corrected chi connectivity index (χ3v) is 4.13. The van der Waals surface area contributed by atoms with Crippen LogP contribution in [0.4, 0.5) is 0 Å². The van der Waals surface area contributed by atoms with E-state index in [-0.39, 0.29) is 5.91 Å². The summed E-state index contributed by atoms with van der Waals surface area (Å²) in [4.78, 5) is 14.5. The second-order valence-electron chi connectivity index (χ2n) is 5.01. The van der Waals surface area contributed by atoms with Gasteiger partial charge in [0.05, 0.1) is 0 Å². The molecule has 1 saturated heterocycles. The molecule has 90 valence electrons. The number of fused-ring (bicyclic) bond motifs is 2. The van der Waals surface area contributed by atoms with Crippen molar-refractivity contribution in [2.24, 2.45) is 0 Å². The van der Waals surface area contributed by atoms with E-state index in [1.807, 2.05) is 18.2 Å². The molecule has 1 aromatic rings. The van der Waals surface area contributed by atoms with Gasteiger partial charge in [0.25, 0.3) is 5.91 Å². The normalized spacial score (nSPS) is 23.9. The van der Waals surface area contributed by atoms with Crippen molar-refractivity contribution in [3.63, 3.8) is 0 Å². The lowest BCUT2D eigenvalue weighted by Crippen LogP contribution is -2.45. The average molecular weight is 250 g/mol. The first kappa shape index (κ1) is 11.1. The number of halogens is 1. The molecule has 0 spiro atoms.